The molecule has 4 nitrogen and oxygen atoms in total. The summed E-state index contributed by atoms with van der Waals surface area (Å²) in [5.74, 6) is -1.79. The van der Waals surface area contributed by atoms with Crippen molar-refractivity contribution < 1.29 is 19.4 Å². The Hall–Kier alpha value is -2.10. The molecular formula is C13H14O4. The van der Waals surface area contributed by atoms with Gasteiger partial charge in [0.25, 0.3) is 0 Å². The highest BCUT2D eigenvalue weighted by atomic mass is 16.6. The Morgan fingerprint density at radius 1 is 1.35 bits per heavy atom. The van der Waals surface area contributed by atoms with Gasteiger partial charge >= 0.3 is 11.9 Å². The number of esters is 2. The SMILES string of the molecule is CCC/C=C\C(=O)OC(=O)c1ccccc1O. The molecule has 4 heteroatoms. The topological polar surface area (TPSA) is 63.6 Å². The number of aromatic hydroxyl groups is 1. The number of unbranched alkanes of at least 4 members (excludes halogenated alkanes) is 1. The van der Waals surface area contributed by atoms with Gasteiger partial charge in [0, 0.05) is 6.08 Å². The fourth-order valence-corrected chi connectivity index (χ4v) is 1.17. The van der Waals surface area contributed by atoms with E-state index >= 15 is 0 Å². The third-order valence-corrected chi connectivity index (χ3v) is 2.03. The Kier molecular flexibility index (Phi) is 4.94. The van der Waals surface area contributed by atoms with E-state index in [9.17, 15) is 14.7 Å². The number of carbonyl (C=O) groups is 2. The van der Waals surface area contributed by atoms with Crippen LogP contribution in [0.25, 0.3) is 0 Å². The molecule has 0 bridgehead atoms. The molecule has 0 unspecified atom stereocenters. The second-order valence-corrected chi connectivity index (χ2v) is 3.42. The van der Waals surface area contributed by atoms with Gasteiger partial charge in [-0.1, -0.05) is 31.6 Å². The number of rotatable bonds is 4. The van der Waals surface area contributed by atoms with Gasteiger partial charge in [0.1, 0.15) is 11.3 Å². The van der Waals surface area contributed by atoms with Crippen LogP contribution in [0.5, 0.6) is 5.75 Å². The van der Waals surface area contributed by atoms with Gasteiger partial charge in [0.05, 0.1) is 0 Å². The Bertz CT molecular complexity index is 435. The van der Waals surface area contributed by atoms with E-state index in [0.717, 1.165) is 12.8 Å². The van der Waals surface area contributed by atoms with Gasteiger partial charge < -0.3 is 9.84 Å². The van der Waals surface area contributed by atoms with Gasteiger partial charge in [-0.2, -0.15) is 0 Å². The molecule has 90 valence electrons. The van der Waals surface area contributed by atoms with E-state index < -0.39 is 11.9 Å². The van der Waals surface area contributed by atoms with Crippen molar-refractivity contribution in [2.75, 3.05) is 0 Å². The Morgan fingerprint density at radius 2 is 2.06 bits per heavy atom. The number of benzene rings is 1. The lowest BCUT2D eigenvalue weighted by Crippen LogP contribution is -2.10. The molecule has 0 amide bonds. The fourth-order valence-electron chi connectivity index (χ4n) is 1.17. The molecule has 0 saturated heterocycles. The minimum absolute atomic E-state index is 0.0234. The summed E-state index contributed by atoms with van der Waals surface area (Å²) in [5, 5.41) is 9.38. The van der Waals surface area contributed by atoms with Crippen molar-refractivity contribution in [1.29, 1.82) is 0 Å². The second-order valence-electron chi connectivity index (χ2n) is 3.42. The largest absolute Gasteiger partial charge is 0.507 e. The number of phenols is 1. The highest BCUT2D eigenvalue weighted by Crippen LogP contribution is 2.16. The average molecular weight is 234 g/mol. The van der Waals surface area contributed by atoms with Crippen LogP contribution < -0.4 is 0 Å². The summed E-state index contributed by atoms with van der Waals surface area (Å²) < 4.78 is 4.54. The molecule has 0 aliphatic heterocycles. The van der Waals surface area contributed by atoms with Crippen molar-refractivity contribution in [2.24, 2.45) is 0 Å². The van der Waals surface area contributed by atoms with Gasteiger partial charge in [-0.15, -0.1) is 0 Å². The molecule has 1 aromatic rings. The molecule has 0 fully saturated rings. The lowest BCUT2D eigenvalue weighted by molar-refractivity contribution is -0.132. The van der Waals surface area contributed by atoms with E-state index in [1.165, 1.54) is 18.2 Å². The first kappa shape index (κ1) is 13.0. The first-order valence-corrected chi connectivity index (χ1v) is 5.35. The highest BCUT2D eigenvalue weighted by molar-refractivity contribution is 6.01. The van der Waals surface area contributed by atoms with Gasteiger partial charge in [-0.05, 0) is 18.6 Å². The normalized spacial score (nSPS) is 10.4. The maximum absolute atomic E-state index is 11.5. The summed E-state index contributed by atoms with van der Waals surface area (Å²) in [6, 6.07) is 5.90. The Balaban J connectivity index is 2.61. The van der Waals surface area contributed by atoms with Crippen molar-refractivity contribution in [2.45, 2.75) is 19.8 Å². The third kappa shape index (κ3) is 4.10. The van der Waals surface area contributed by atoms with Gasteiger partial charge in [0.15, 0.2) is 0 Å². The molecule has 0 radical (unpaired) electrons. The van der Waals surface area contributed by atoms with Crippen molar-refractivity contribution in [3.63, 3.8) is 0 Å². The molecule has 0 aromatic heterocycles. The lowest BCUT2D eigenvalue weighted by Gasteiger charge is -2.01. The summed E-state index contributed by atoms with van der Waals surface area (Å²) in [6.07, 6.45) is 4.51. The molecule has 1 N–H and O–H groups in total. The van der Waals surface area contributed by atoms with Gasteiger partial charge in [-0.3, -0.25) is 0 Å². The van der Waals surface area contributed by atoms with E-state index in [4.69, 9.17) is 0 Å². The summed E-state index contributed by atoms with van der Waals surface area (Å²) in [7, 11) is 0. The third-order valence-electron chi connectivity index (χ3n) is 2.03. The number of ether oxygens (including phenoxy) is 1. The van der Waals surface area contributed by atoms with Crippen molar-refractivity contribution in [3.05, 3.63) is 42.0 Å². The van der Waals surface area contributed by atoms with Crippen LogP contribution in [0.4, 0.5) is 0 Å². The van der Waals surface area contributed by atoms with E-state index in [-0.39, 0.29) is 11.3 Å². The standard InChI is InChI=1S/C13H14O4/c1-2-3-4-9-12(15)17-13(16)10-7-5-6-8-11(10)14/h4-9,14H,2-3H2,1H3/b9-4-. The molecule has 0 aliphatic rings. The van der Waals surface area contributed by atoms with Crippen LogP contribution in [0, 0.1) is 0 Å². The van der Waals surface area contributed by atoms with Crippen LogP contribution in [0.1, 0.15) is 30.1 Å². The molecule has 0 aliphatic carbocycles. The number of carbonyl (C=O) groups excluding carboxylic acids is 2. The molecule has 0 atom stereocenters. The predicted octanol–water partition coefficient (Wildman–Crippen LogP) is 2.43. The molecule has 0 saturated carbocycles. The van der Waals surface area contributed by atoms with Crippen LogP contribution in [-0.2, 0) is 9.53 Å². The number of hydrogen-bond acceptors (Lipinski definition) is 4. The van der Waals surface area contributed by atoms with Crippen LogP contribution >= 0.6 is 0 Å². The quantitative estimate of drug-likeness (QED) is 0.493. The average Bonchev–Trinajstić information content (AvgIpc) is 2.29. The van der Waals surface area contributed by atoms with Crippen molar-refractivity contribution >= 4 is 11.9 Å². The first-order chi connectivity index (χ1) is 8.15. The monoisotopic (exact) mass is 234 g/mol. The minimum atomic E-state index is -0.853. The predicted molar refractivity (Wildman–Crippen MR) is 62.6 cm³/mol. The van der Waals surface area contributed by atoms with Crippen LogP contribution in [0.3, 0.4) is 0 Å². The summed E-state index contributed by atoms with van der Waals surface area (Å²) in [6.45, 7) is 1.98. The molecular weight excluding hydrogens is 220 g/mol. The first-order valence-electron chi connectivity index (χ1n) is 5.35. The molecule has 17 heavy (non-hydrogen) atoms. The molecule has 0 spiro atoms. The number of phenolic OH excluding ortho intramolecular Hbond substituents is 1. The van der Waals surface area contributed by atoms with Crippen molar-refractivity contribution in [3.8, 4) is 5.75 Å². The number of hydrogen-bond donors (Lipinski definition) is 1. The van der Waals surface area contributed by atoms with E-state index in [2.05, 4.69) is 4.74 Å². The van der Waals surface area contributed by atoms with Gasteiger partial charge in [0.2, 0.25) is 0 Å². The lowest BCUT2D eigenvalue weighted by atomic mass is 10.2. The highest BCUT2D eigenvalue weighted by Gasteiger charge is 2.14. The fraction of sp³-hybridized carbons (Fsp3) is 0.231. The summed E-state index contributed by atoms with van der Waals surface area (Å²) >= 11 is 0. The van der Waals surface area contributed by atoms with E-state index in [0.29, 0.717) is 0 Å². The van der Waals surface area contributed by atoms with Crippen molar-refractivity contribution in [1.82, 2.24) is 0 Å². The molecule has 0 heterocycles. The number of allylic oxidation sites excluding steroid dienone is 1. The molecule has 1 aromatic carbocycles. The summed E-state index contributed by atoms with van der Waals surface area (Å²) in [5.41, 5.74) is -0.0234. The zero-order valence-corrected chi connectivity index (χ0v) is 9.55. The van der Waals surface area contributed by atoms with Crippen LogP contribution in [-0.4, -0.2) is 17.0 Å². The van der Waals surface area contributed by atoms with Gasteiger partial charge in [-0.25, -0.2) is 9.59 Å². The smallest absolute Gasteiger partial charge is 0.349 e. The minimum Gasteiger partial charge on any atom is -0.507 e. The Labute approximate surface area is 99.5 Å². The second kappa shape index (κ2) is 6.48. The summed E-state index contributed by atoms with van der Waals surface area (Å²) in [4.78, 5) is 22.7. The van der Waals surface area contributed by atoms with E-state index in [1.54, 1.807) is 18.2 Å². The van der Waals surface area contributed by atoms with Crippen LogP contribution in [0.15, 0.2) is 36.4 Å². The zero-order chi connectivity index (χ0) is 12.7. The maximum atomic E-state index is 11.5. The zero-order valence-electron chi connectivity index (χ0n) is 9.55. The maximum Gasteiger partial charge on any atom is 0.349 e. The Morgan fingerprint density at radius 3 is 2.71 bits per heavy atom. The van der Waals surface area contributed by atoms with E-state index in [1.807, 2.05) is 6.92 Å². The molecule has 1 rings (SSSR count). The van der Waals surface area contributed by atoms with Crippen LogP contribution in [0.2, 0.25) is 0 Å². The number of para-hydroxylation sites is 1.